The van der Waals surface area contributed by atoms with Crippen LogP contribution in [-0.4, -0.2) is 46.3 Å². The average Bonchev–Trinajstić information content (AvgIpc) is 2.88. The Bertz CT molecular complexity index is 698. The molecule has 2 aromatic rings. The van der Waals surface area contributed by atoms with Crippen LogP contribution >= 0.6 is 12.4 Å². The number of carbonyl (C=O) groups is 1. The van der Waals surface area contributed by atoms with E-state index in [4.69, 9.17) is 0 Å². The molecule has 2 heterocycles. The molecule has 1 aliphatic rings. The smallest absolute Gasteiger partial charge is 0.257 e. The highest BCUT2D eigenvalue weighted by molar-refractivity contribution is 5.95. The van der Waals surface area contributed by atoms with Crippen LogP contribution in [0.4, 0.5) is 0 Å². The highest BCUT2D eigenvalue weighted by atomic mass is 35.5. The molecule has 1 aliphatic heterocycles. The van der Waals surface area contributed by atoms with E-state index in [0.717, 1.165) is 36.6 Å². The van der Waals surface area contributed by atoms with Crippen molar-refractivity contribution in [3.63, 3.8) is 0 Å². The van der Waals surface area contributed by atoms with E-state index in [0.29, 0.717) is 11.6 Å². The third kappa shape index (κ3) is 3.41. The van der Waals surface area contributed by atoms with Gasteiger partial charge in [0.25, 0.3) is 5.91 Å². The van der Waals surface area contributed by atoms with E-state index in [1.807, 2.05) is 34.7 Å². The highest BCUT2D eigenvalue weighted by Crippen LogP contribution is 2.19. The van der Waals surface area contributed by atoms with Gasteiger partial charge in [-0.1, -0.05) is 18.2 Å². The Morgan fingerprint density at radius 3 is 2.74 bits per heavy atom. The number of hydrogen-bond donors (Lipinski definition) is 1. The Balaban J connectivity index is 0.00000192. The molecule has 23 heavy (non-hydrogen) atoms. The fourth-order valence-corrected chi connectivity index (χ4v) is 2.95. The van der Waals surface area contributed by atoms with Crippen LogP contribution in [0.3, 0.4) is 0 Å². The number of nitrogens with zero attached hydrogens (tertiary/aromatic N) is 3. The lowest BCUT2D eigenvalue weighted by atomic mass is 10.1. The van der Waals surface area contributed by atoms with Crippen molar-refractivity contribution < 1.29 is 4.79 Å². The van der Waals surface area contributed by atoms with Crippen LogP contribution in [0.2, 0.25) is 0 Å². The van der Waals surface area contributed by atoms with Crippen molar-refractivity contribution in [1.82, 2.24) is 20.0 Å². The summed E-state index contributed by atoms with van der Waals surface area (Å²) in [5.41, 5.74) is 3.75. The van der Waals surface area contributed by atoms with Gasteiger partial charge in [0.05, 0.1) is 23.1 Å². The minimum atomic E-state index is 0. The molecule has 1 saturated heterocycles. The summed E-state index contributed by atoms with van der Waals surface area (Å²) < 4.78 is 1.86. The largest absolute Gasteiger partial charge is 0.336 e. The Morgan fingerprint density at radius 2 is 2.04 bits per heavy atom. The fraction of sp³-hybridized carbons (Fsp3) is 0.412. The molecule has 0 saturated carbocycles. The van der Waals surface area contributed by atoms with Crippen molar-refractivity contribution in [2.24, 2.45) is 0 Å². The van der Waals surface area contributed by atoms with Crippen molar-refractivity contribution >= 4 is 18.3 Å². The molecular formula is C17H23ClN4O. The molecule has 1 N–H and O–H groups in total. The summed E-state index contributed by atoms with van der Waals surface area (Å²) >= 11 is 0. The molecular weight excluding hydrogens is 312 g/mol. The van der Waals surface area contributed by atoms with E-state index in [1.165, 1.54) is 0 Å². The van der Waals surface area contributed by atoms with E-state index < -0.39 is 0 Å². The van der Waals surface area contributed by atoms with Crippen molar-refractivity contribution in [2.45, 2.75) is 26.8 Å². The zero-order valence-corrected chi connectivity index (χ0v) is 14.6. The zero-order valence-electron chi connectivity index (χ0n) is 13.7. The van der Waals surface area contributed by atoms with Gasteiger partial charge in [0.15, 0.2) is 0 Å². The topological polar surface area (TPSA) is 50.2 Å². The molecule has 5 nitrogen and oxygen atoms in total. The number of aromatic nitrogens is 2. The van der Waals surface area contributed by atoms with Gasteiger partial charge in [-0.05, 0) is 32.4 Å². The van der Waals surface area contributed by atoms with E-state index >= 15 is 0 Å². The second-order valence-corrected chi connectivity index (χ2v) is 5.95. The van der Waals surface area contributed by atoms with Crippen LogP contribution in [-0.2, 0) is 0 Å². The first kappa shape index (κ1) is 17.5. The molecule has 1 atom stereocenters. The molecule has 0 aliphatic carbocycles. The quantitative estimate of drug-likeness (QED) is 0.917. The van der Waals surface area contributed by atoms with Gasteiger partial charge in [-0.15, -0.1) is 12.4 Å². The number of piperazine rings is 1. The Labute approximate surface area is 143 Å². The summed E-state index contributed by atoms with van der Waals surface area (Å²) in [7, 11) is 0. The lowest BCUT2D eigenvalue weighted by Crippen LogP contribution is -2.51. The van der Waals surface area contributed by atoms with Gasteiger partial charge in [-0.2, -0.15) is 5.10 Å². The number of halogens is 1. The van der Waals surface area contributed by atoms with Crippen LogP contribution in [0.1, 0.15) is 28.5 Å². The summed E-state index contributed by atoms with van der Waals surface area (Å²) in [5.74, 6) is 0.0747. The highest BCUT2D eigenvalue weighted by Gasteiger charge is 2.25. The third-order valence-corrected chi connectivity index (χ3v) is 4.24. The number of carbonyl (C=O) groups excluding carboxylic acids is 1. The van der Waals surface area contributed by atoms with Crippen LogP contribution in [0.15, 0.2) is 30.5 Å². The maximum Gasteiger partial charge on any atom is 0.257 e. The number of para-hydroxylation sites is 1. The molecule has 6 heteroatoms. The molecule has 1 aromatic heterocycles. The average molecular weight is 335 g/mol. The maximum absolute atomic E-state index is 12.7. The van der Waals surface area contributed by atoms with Crippen LogP contribution in [0.5, 0.6) is 0 Å². The first-order valence-corrected chi connectivity index (χ1v) is 7.71. The van der Waals surface area contributed by atoms with Gasteiger partial charge in [0.1, 0.15) is 0 Å². The SMILES string of the molecule is Cc1ccccc1-n1ncc(C(=O)N2CCNC(C)C2)c1C.Cl. The van der Waals surface area contributed by atoms with E-state index in [9.17, 15) is 4.79 Å². The number of nitrogens with one attached hydrogen (secondary N) is 1. The minimum absolute atomic E-state index is 0. The zero-order chi connectivity index (χ0) is 15.7. The third-order valence-electron chi connectivity index (χ3n) is 4.24. The van der Waals surface area contributed by atoms with Crippen molar-refractivity contribution in [3.8, 4) is 5.69 Å². The van der Waals surface area contributed by atoms with E-state index in [1.54, 1.807) is 6.20 Å². The molecule has 0 spiro atoms. The predicted molar refractivity (Wildman–Crippen MR) is 93.7 cm³/mol. The Morgan fingerprint density at radius 1 is 1.30 bits per heavy atom. The molecule has 1 fully saturated rings. The Kier molecular flexibility index (Phi) is 5.44. The van der Waals surface area contributed by atoms with Crippen molar-refractivity contribution in [3.05, 3.63) is 47.3 Å². The first-order valence-electron chi connectivity index (χ1n) is 7.71. The number of aryl methyl sites for hydroxylation is 1. The fourth-order valence-electron chi connectivity index (χ4n) is 2.95. The minimum Gasteiger partial charge on any atom is -0.336 e. The number of hydrogen-bond acceptors (Lipinski definition) is 3. The van der Waals surface area contributed by atoms with Crippen molar-refractivity contribution in [2.75, 3.05) is 19.6 Å². The summed E-state index contributed by atoms with van der Waals surface area (Å²) in [6.07, 6.45) is 1.69. The maximum atomic E-state index is 12.7. The predicted octanol–water partition coefficient (Wildman–Crippen LogP) is 2.34. The number of rotatable bonds is 2. The van der Waals surface area contributed by atoms with Gasteiger partial charge in [0, 0.05) is 25.7 Å². The number of benzene rings is 1. The van der Waals surface area contributed by atoms with Gasteiger partial charge < -0.3 is 10.2 Å². The lowest BCUT2D eigenvalue weighted by Gasteiger charge is -2.31. The van der Waals surface area contributed by atoms with Crippen LogP contribution in [0, 0.1) is 13.8 Å². The molecule has 124 valence electrons. The summed E-state index contributed by atoms with van der Waals surface area (Å²) in [4.78, 5) is 14.7. The molecule has 0 radical (unpaired) electrons. The standard InChI is InChI=1S/C17H22N4O.ClH/c1-12-6-4-5-7-16(12)21-14(3)15(10-19-21)17(22)20-9-8-18-13(2)11-20;/h4-7,10,13,18H,8-9,11H2,1-3H3;1H. The first-order chi connectivity index (χ1) is 10.6. The van der Waals surface area contributed by atoms with E-state index in [2.05, 4.69) is 30.3 Å². The lowest BCUT2D eigenvalue weighted by molar-refractivity contribution is 0.0708. The molecule has 0 bridgehead atoms. The van der Waals surface area contributed by atoms with Crippen LogP contribution in [0.25, 0.3) is 5.69 Å². The summed E-state index contributed by atoms with van der Waals surface area (Å²) in [5, 5.41) is 7.79. The van der Waals surface area contributed by atoms with Gasteiger partial charge >= 0.3 is 0 Å². The van der Waals surface area contributed by atoms with Crippen molar-refractivity contribution in [1.29, 1.82) is 0 Å². The second-order valence-electron chi connectivity index (χ2n) is 5.95. The Hall–Kier alpha value is -1.85. The molecule has 1 aromatic carbocycles. The molecule has 1 unspecified atom stereocenters. The second kappa shape index (κ2) is 7.15. The molecule has 1 amide bonds. The van der Waals surface area contributed by atoms with Gasteiger partial charge in [-0.25, -0.2) is 4.68 Å². The molecule has 3 rings (SSSR count). The monoisotopic (exact) mass is 334 g/mol. The van der Waals surface area contributed by atoms with E-state index in [-0.39, 0.29) is 18.3 Å². The number of amides is 1. The van der Waals surface area contributed by atoms with Gasteiger partial charge in [-0.3, -0.25) is 4.79 Å². The summed E-state index contributed by atoms with van der Waals surface area (Å²) in [6, 6.07) is 8.41. The normalized spacial score (nSPS) is 17.7. The van der Waals surface area contributed by atoms with Gasteiger partial charge in [0.2, 0.25) is 0 Å². The summed E-state index contributed by atoms with van der Waals surface area (Å²) in [6.45, 7) is 8.45. The van der Waals surface area contributed by atoms with Crippen LogP contribution < -0.4 is 5.32 Å².